The second-order valence-corrected chi connectivity index (χ2v) is 11.5. The molecule has 8 rings (SSSR count). The zero-order valence-electron chi connectivity index (χ0n) is 25.5. The van der Waals surface area contributed by atoms with Crippen molar-refractivity contribution >= 4 is 43.4 Å². The summed E-state index contributed by atoms with van der Waals surface area (Å²) in [4.78, 5) is 10.3. The Balaban J connectivity index is 0.000000207. The summed E-state index contributed by atoms with van der Waals surface area (Å²) in [5.74, 6) is 0. The number of thiophene rings is 1. The Labute approximate surface area is 266 Å². The van der Waals surface area contributed by atoms with Crippen LogP contribution in [0.25, 0.3) is 54.5 Å². The van der Waals surface area contributed by atoms with Crippen LogP contribution in [0, 0.1) is 19.1 Å². The third-order valence-electron chi connectivity index (χ3n) is 7.72. The van der Waals surface area contributed by atoms with E-state index in [4.69, 9.17) is 7.16 Å². The first-order chi connectivity index (χ1) is 20.9. The van der Waals surface area contributed by atoms with Gasteiger partial charge >= 0.3 is 0 Å². The molecule has 1 radical (unpaired) electrons. The van der Waals surface area contributed by atoms with Gasteiger partial charge in [0.1, 0.15) is 5.58 Å². The summed E-state index contributed by atoms with van der Waals surface area (Å²) in [6.45, 7) is 3.60. The summed E-state index contributed by atoms with van der Waals surface area (Å²) in [6, 6.07) is 30.3. The van der Waals surface area contributed by atoms with Crippen LogP contribution < -0.4 is 0 Å². The van der Waals surface area contributed by atoms with E-state index in [0.29, 0.717) is 11.3 Å². The van der Waals surface area contributed by atoms with Gasteiger partial charge in [0.25, 0.3) is 0 Å². The van der Waals surface area contributed by atoms with Gasteiger partial charge in [-0.25, -0.2) is 0 Å². The molecule has 0 fully saturated rings. The van der Waals surface area contributed by atoms with Gasteiger partial charge in [0, 0.05) is 45.5 Å². The molecule has 42 heavy (non-hydrogen) atoms. The van der Waals surface area contributed by atoms with Crippen LogP contribution in [-0.2, 0) is 39.3 Å². The van der Waals surface area contributed by atoms with Crippen molar-refractivity contribution in [2.45, 2.75) is 45.9 Å². The van der Waals surface area contributed by atoms with E-state index in [9.17, 15) is 0 Å². The molecule has 0 unspecified atom stereocenters. The SMILES string of the molecule is Cc1ccc(-c2[c-]cccc2)nc1.[2H]C([2H])(C)c1ccnc(-c2[c-]ccc3c2oc2c3ccc3c4c(sc32)CCCC4)c1.[Ir]. The molecule has 0 amide bonds. The molecule has 0 N–H and O–H groups in total. The number of fused-ring (bicyclic) bond motifs is 7. The smallest absolute Gasteiger partial charge is 0.138 e. The number of aryl methyl sites for hydroxylation is 4. The zero-order valence-corrected chi connectivity index (χ0v) is 26.7. The number of hydrogen-bond donors (Lipinski definition) is 0. The number of rotatable bonds is 3. The van der Waals surface area contributed by atoms with Crippen molar-refractivity contribution in [2.75, 3.05) is 0 Å². The van der Waals surface area contributed by atoms with Crippen LogP contribution in [0.4, 0.5) is 0 Å². The third-order valence-corrected chi connectivity index (χ3v) is 9.03. The Bertz CT molecular complexity index is 2080. The van der Waals surface area contributed by atoms with E-state index >= 15 is 0 Å². The average molecular weight is 745 g/mol. The largest absolute Gasteiger partial charge is 0.499 e. The van der Waals surface area contributed by atoms with Gasteiger partial charge in [-0.05, 0) is 72.9 Å². The maximum absolute atomic E-state index is 8.04. The van der Waals surface area contributed by atoms with E-state index in [2.05, 4.69) is 40.3 Å². The van der Waals surface area contributed by atoms with Crippen molar-refractivity contribution in [3.05, 3.63) is 119 Å². The maximum atomic E-state index is 8.04. The molecule has 0 atom stereocenters. The Kier molecular flexibility index (Phi) is 7.63. The Hall–Kier alpha value is -3.63. The van der Waals surface area contributed by atoms with Gasteiger partial charge in [0.15, 0.2) is 0 Å². The van der Waals surface area contributed by atoms with Crippen molar-refractivity contribution in [3.63, 3.8) is 0 Å². The Morgan fingerprint density at radius 1 is 0.881 bits per heavy atom. The van der Waals surface area contributed by atoms with Crippen LogP contribution >= 0.6 is 11.3 Å². The third kappa shape index (κ3) is 5.33. The number of furan rings is 1. The maximum Gasteiger partial charge on any atom is 0.138 e. The second-order valence-electron chi connectivity index (χ2n) is 10.4. The predicted molar refractivity (Wildman–Crippen MR) is 170 cm³/mol. The second kappa shape index (κ2) is 12.3. The molecule has 5 heteroatoms. The summed E-state index contributed by atoms with van der Waals surface area (Å²) >= 11 is 1.88. The van der Waals surface area contributed by atoms with Crippen LogP contribution in [0.1, 0.15) is 44.1 Å². The van der Waals surface area contributed by atoms with Crippen LogP contribution in [0.2, 0.25) is 0 Å². The van der Waals surface area contributed by atoms with Crippen molar-refractivity contribution in [2.24, 2.45) is 0 Å². The molecule has 4 heterocycles. The van der Waals surface area contributed by atoms with E-state index in [1.54, 1.807) is 25.3 Å². The molecule has 0 aliphatic heterocycles. The first-order valence-corrected chi connectivity index (χ1v) is 14.9. The number of benzene rings is 3. The van der Waals surface area contributed by atoms with E-state index in [1.165, 1.54) is 45.4 Å². The number of pyridine rings is 2. The minimum Gasteiger partial charge on any atom is -0.499 e. The molecule has 7 aromatic rings. The fourth-order valence-electron chi connectivity index (χ4n) is 5.61. The first-order valence-electron chi connectivity index (χ1n) is 15.0. The van der Waals surface area contributed by atoms with Crippen LogP contribution in [0.5, 0.6) is 0 Å². The van der Waals surface area contributed by atoms with Gasteiger partial charge in [-0.15, -0.1) is 65.4 Å². The summed E-state index contributed by atoms with van der Waals surface area (Å²) in [6.07, 6.45) is 6.98. The van der Waals surface area contributed by atoms with Gasteiger partial charge in [0.05, 0.1) is 10.3 Å². The van der Waals surface area contributed by atoms with Gasteiger partial charge in [0.2, 0.25) is 0 Å². The molecular formula is C37H30IrN2OS-2. The van der Waals surface area contributed by atoms with Crippen LogP contribution in [-0.4, -0.2) is 9.97 Å². The molecule has 0 bridgehead atoms. The molecule has 3 nitrogen and oxygen atoms in total. The summed E-state index contributed by atoms with van der Waals surface area (Å²) in [5, 5.41) is 3.51. The summed E-state index contributed by atoms with van der Waals surface area (Å²) < 4.78 is 23.8. The number of hydrogen-bond acceptors (Lipinski definition) is 4. The van der Waals surface area contributed by atoms with Crippen molar-refractivity contribution in [3.8, 4) is 22.5 Å². The van der Waals surface area contributed by atoms with Crippen LogP contribution in [0.3, 0.4) is 0 Å². The fraction of sp³-hybridized carbons (Fsp3) is 0.189. The molecular weight excluding hydrogens is 713 g/mol. The van der Waals surface area contributed by atoms with Crippen molar-refractivity contribution in [1.82, 2.24) is 9.97 Å². The van der Waals surface area contributed by atoms with E-state index in [-0.39, 0.29) is 20.1 Å². The molecule has 3 aromatic carbocycles. The molecule has 0 saturated carbocycles. The normalized spacial score (nSPS) is 13.6. The van der Waals surface area contributed by atoms with E-state index < -0.39 is 6.37 Å². The van der Waals surface area contributed by atoms with Gasteiger partial charge in [-0.3, -0.25) is 0 Å². The molecule has 1 aliphatic carbocycles. The summed E-state index contributed by atoms with van der Waals surface area (Å²) in [5.41, 5.74) is 8.50. The number of nitrogens with zero attached hydrogens (tertiary/aromatic N) is 2. The standard InChI is InChI=1S/C25H20NOS.C12H10N.Ir/c1-2-15-12-13-26-21(14-15)20-8-5-7-17-18-10-11-19-16-6-3-4-9-22(16)28-25(19)24(18)27-23(17)20;1-10-7-8-12(13-9-10)11-5-3-2-4-6-11;/h5,7,10-14H,2-4,6,9H2,1H3;2-5,7-9H,1H3;/q2*-1;/i2D2;;. The Morgan fingerprint density at radius 2 is 1.74 bits per heavy atom. The topological polar surface area (TPSA) is 38.9 Å². The minimum absolute atomic E-state index is 0. The van der Waals surface area contributed by atoms with E-state index in [0.717, 1.165) is 45.2 Å². The summed E-state index contributed by atoms with van der Waals surface area (Å²) in [7, 11) is 0. The predicted octanol–water partition coefficient (Wildman–Crippen LogP) is 9.96. The monoisotopic (exact) mass is 745 g/mol. The fourth-order valence-corrected chi connectivity index (χ4v) is 6.98. The Morgan fingerprint density at radius 3 is 2.55 bits per heavy atom. The van der Waals surface area contributed by atoms with E-state index in [1.807, 2.05) is 66.9 Å². The first kappa shape index (κ1) is 26.0. The van der Waals surface area contributed by atoms with Gasteiger partial charge in [-0.2, -0.15) is 0 Å². The molecule has 4 aromatic heterocycles. The number of aromatic nitrogens is 2. The average Bonchev–Trinajstić information content (AvgIpc) is 3.61. The molecule has 0 saturated heterocycles. The molecule has 0 spiro atoms. The van der Waals surface area contributed by atoms with Gasteiger partial charge < -0.3 is 14.4 Å². The van der Waals surface area contributed by atoms with Crippen molar-refractivity contribution in [1.29, 1.82) is 0 Å². The van der Waals surface area contributed by atoms with Gasteiger partial charge in [-0.1, -0.05) is 53.8 Å². The zero-order chi connectivity index (χ0) is 29.6. The molecule has 1 aliphatic rings. The minimum atomic E-state index is -1.43. The molecule has 211 valence electrons. The quantitative estimate of drug-likeness (QED) is 0.169. The van der Waals surface area contributed by atoms with Crippen molar-refractivity contribution < 1.29 is 27.3 Å². The van der Waals surface area contributed by atoms with Crippen LogP contribution in [0.15, 0.2) is 89.6 Å².